The first-order chi connectivity index (χ1) is 51.0. The maximum absolute atomic E-state index is 14.8. The molecular formula is C85H152N3O16P. The van der Waals surface area contributed by atoms with Crippen LogP contribution in [0.5, 0.6) is 0 Å². The number of phosphoric ester groups is 1. The predicted octanol–water partition coefficient (Wildman–Crippen LogP) is 19.8. The van der Waals surface area contributed by atoms with Crippen LogP contribution in [0.25, 0.3) is 0 Å². The van der Waals surface area contributed by atoms with Gasteiger partial charge in [0.15, 0.2) is 6.29 Å². The lowest BCUT2D eigenvalue weighted by Crippen LogP contribution is -2.58. The number of esters is 3. The Balaban J connectivity index is 1.92. The Morgan fingerprint density at radius 2 is 0.781 bits per heavy atom. The highest BCUT2D eigenvalue weighted by molar-refractivity contribution is 7.46. The molecule has 0 aromatic heterocycles. The normalized spacial score (nSPS) is 18.6. The maximum atomic E-state index is 14.8. The fourth-order valence-electron chi connectivity index (χ4n) is 15.1. The molecule has 6 N–H and O–H groups in total. The summed E-state index contributed by atoms with van der Waals surface area (Å²) in [4.78, 5) is 105. The van der Waals surface area contributed by atoms with Gasteiger partial charge >= 0.3 is 25.7 Å². The third-order valence-electron chi connectivity index (χ3n) is 21.2. The zero-order chi connectivity index (χ0) is 76.3. The van der Waals surface area contributed by atoms with Crippen molar-refractivity contribution >= 4 is 43.5 Å². The lowest BCUT2D eigenvalue weighted by Gasteiger charge is -2.40. The number of phosphoric acid groups is 1. The fourth-order valence-corrected chi connectivity index (χ4v) is 15.8. The molecule has 2 aliphatic rings. The van der Waals surface area contributed by atoms with Gasteiger partial charge in [-0.3, -0.25) is 33.3 Å². The monoisotopic (exact) mass is 1500 g/mol. The van der Waals surface area contributed by atoms with Gasteiger partial charge in [-0.05, 0) is 76.2 Å². The molecule has 1 aliphatic carbocycles. The molecule has 0 spiro atoms. The molecule has 4 unspecified atom stereocenters. The molecule has 1 aromatic rings. The number of nitrogens with one attached hydrogen (secondary N) is 3. The molecule has 19 nitrogen and oxygen atoms in total. The first kappa shape index (κ1) is 95.2. The third-order valence-corrected chi connectivity index (χ3v) is 21.8. The highest BCUT2D eigenvalue weighted by Gasteiger charge is 2.79. The zero-order valence-electron chi connectivity index (χ0n) is 66.8. The Kier molecular flexibility index (Phi) is 56.0. The molecule has 1 saturated heterocycles. The fraction of sp³-hybridized carbons (Fsp3) is 0.859. The Hall–Kier alpha value is -3.97. The number of benzene rings is 1. The highest BCUT2D eigenvalue weighted by Crippen LogP contribution is 2.62. The van der Waals surface area contributed by atoms with Crippen LogP contribution in [0.1, 0.15) is 393 Å². The molecule has 3 rings (SSSR count). The Labute approximate surface area is 636 Å². The summed E-state index contributed by atoms with van der Waals surface area (Å²) < 4.78 is 50.0. The summed E-state index contributed by atoms with van der Waals surface area (Å²) in [6.07, 6.45) is 45.7. The van der Waals surface area contributed by atoms with Gasteiger partial charge in [0.1, 0.15) is 30.0 Å². The lowest BCUT2D eigenvalue weighted by atomic mass is 10.00. The number of rotatable bonds is 72. The van der Waals surface area contributed by atoms with E-state index in [-0.39, 0.29) is 63.6 Å². The molecule has 608 valence electrons. The van der Waals surface area contributed by atoms with Crippen molar-refractivity contribution in [2.75, 3.05) is 19.8 Å². The first-order valence-corrected chi connectivity index (χ1v) is 44.7. The largest absolute Gasteiger partial charge is 0.470 e. The molecule has 1 aliphatic heterocycles. The van der Waals surface area contributed by atoms with Gasteiger partial charge in [-0.2, -0.15) is 0 Å². The van der Waals surface area contributed by atoms with E-state index in [1.165, 1.54) is 115 Å². The molecule has 105 heavy (non-hydrogen) atoms. The number of fused-ring (bicyclic) bond motifs is 1. The first-order valence-electron chi connectivity index (χ1n) is 43.2. The predicted molar refractivity (Wildman–Crippen MR) is 420 cm³/mol. The van der Waals surface area contributed by atoms with E-state index in [1.54, 1.807) is 0 Å². The quantitative estimate of drug-likeness (QED) is 0.0153. The molecule has 3 amide bonds. The second-order valence-corrected chi connectivity index (χ2v) is 32.0. The minimum Gasteiger partial charge on any atom is -0.462 e. The second kappa shape index (κ2) is 61.8. The van der Waals surface area contributed by atoms with Gasteiger partial charge in [0.25, 0.3) is 0 Å². The molecule has 1 heterocycles. The van der Waals surface area contributed by atoms with E-state index in [2.05, 4.69) is 62.7 Å². The summed E-state index contributed by atoms with van der Waals surface area (Å²) in [5.74, 6) is -3.85. The van der Waals surface area contributed by atoms with Gasteiger partial charge in [-0.1, -0.05) is 315 Å². The van der Waals surface area contributed by atoms with Gasteiger partial charge in [0.2, 0.25) is 17.7 Å². The number of aliphatic hydroxyl groups excluding tert-OH is 1. The second-order valence-electron chi connectivity index (χ2n) is 30.8. The number of hydrogen-bond acceptors (Lipinski definition) is 14. The number of hydrogen-bond donors (Lipinski definition) is 6. The summed E-state index contributed by atoms with van der Waals surface area (Å²) in [6, 6.07) is 7.80. The molecular weight excluding hydrogens is 1350 g/mol. The Morgan fingerprint density at radius 1 is 0.448 bits per heavy atom. The van der Waals surface area contributed by atoms with Crippen molar-refractivity contribution in [3.63, 3.8) is 0 Å². The van der Waals surface area contributed by atoms with Crippen LogP contribution in [0.4, 0.5) is 0 Å². The number of aliphatic hydroxyl groups is 1. The molecule has 1 saturated carbocycles. The lowest BCUT2D eigenvalue weighted by molar-refractivity contribution is -0.242. The van der Waals surface area contributed by atoms with Crippen LogP contribution in [-0.2, 0) is 68.0 Å². The number of carbonyl (C=O) groups is 6. The van der Waals surface area contributed by atoms with E-state index < -0.39 is 92.5 Å². The van der Waals surface area contributed by atoms with E-state index >= 15 is 0 Å². The standard InChI is InChI=1S/C85H152N3O16P/c1-6-11-16-21-26-29-34-39-49-58-71(100-78(93)61-52-42-32-24-19-14-9-4)66-75(90)86-64-65-99-84-82(87-76(91)67-72(59-50-40-35-30-27-22-17-12-7-2)101-79(94)62-53-43-33-25-20-15-10-5)81-83(85(81,74(69-89)103-84)104-105(96,97)98)88-77(92)68-73(60-51-41-36-31-28-23-18-13-8-3)102-80(95)63-54-44-37-38-46-55-70-56-47-45-48-57-70/h45,47-48,56-57,71-74,81-84,89H,6-44,46,49-55,58-69H2,1-5H3,(H,86,90)(H,87,91)(H,88,92)(H2,96,97,98)/t71-,72-,73-,74?,81?,82?,83?,84-,85+/m1/s1. The van der Waals surface area contributed by atoms with Crippen molar-refractivity contribution < 1.29 is 76.4 Å². The molecule has 2 fully saturated rings. The van der Waals surface area contributed by atoms with Crippen molar-refractivity contribution in [3.8, 4) is 0 Å². The third kappa shape index (κ3) is 46.3. The summed E-state index contributed by atoms with van der Waals surface area (Å²) in [6.45, 7) is 9.87. The van der Waals surface area contributed by atoms with Crippen LogP contribution >= 0.6 is 7.82 Å². The van der Waals surface area contributed by atoms with Gasteiger partial charge in [0.05, 0.1) is 44.6 Å². The van der Waals surface area contributed by atoms with Crippen LogP contribution in [0, 0.1) is 5.92 Å². The van der Waals surface area contributed by atoms with Crippen LogP contribution < -0.4 is 16.0 Å². The van der Waals surface area contributed by atoms with E-state index in [1.807, 2.05) is 18.2 Å². The van der Waals surface area contributed by atoms with Crippen LogP contribution in [-0.4, -0.2) is 119 Å². The minimum absolute atomic E-state index is 0.0574. The van der Waals surface area contributed by atoms with Crippen LogP contribution in [0.15, 0.2) is 30.3 Å². The molecule has 9 atom stereocenters. The number of ether oxygens (including phenoxy) is 5. The molecule has 0 bridgehead atoms. The maximum Gasteiger partial charge on any atom is 0.470 e. The van der Waals surface area contributed by atoms with E-state index in [4.69, 9.17) is 28.2 Å². The number of unbranched alkanes of at least 4 members (excludes halogenated alkanes) is 40. The van der Waals surface area contributed by atoms with E-state index in [9.17, 15) is 48.2 Å². The zero-order valence-corrected chi connectivity index (χ0v) is 67.7. The van der Waals surface area contributed by atoms with Crippen molar-refractivity contribution in [2.45, 2.75) is 443 Å². The van der Waals surface area contributed by atoms with Crippen molar-refractivity contribution in [2.24, 2.45) is 5.92 Å². The summed E-state index contributed by atoms with van der Waals surface area (Å²) in [5, 5.41) is 20.0. The van der Waals surface area contributed by atoms with Crippen molar-refractivity contribution in [1.82, 2.24) is 16.0 Å². The summed E-state index contributed by atoms with van der Waals surface area (Å²) in [5.41, 5.74) is -0.800. The van der Waals surface area contributed by atoms with Gasteiger partial charge in [0, 0.05) is 31.7 Å². The highest BCUT2D eigenvalue weighted by atomic mass is 31.2. The average molecular weight is 1500 g/mol. The topological polar surface area (TPSA) is 272 Å². The molecule has 0 radical (unpaired) electrons. The smallest absolute Gasteiger partial charge is 0.462 e. The number of amides is 3. The van der Waals surface area contributed by atoms with Crippen LogP contribution in [0.3, 0.4) is 0 Å². The SMILES string of the molecule is CCCCCCCCCCC[C@H](CC(=O)NCCO[C@@H]1OC(CO)[C@@]2(OP(=O)(O)O)C(NC(=O)C[C@@H](CCCCCCCCCCC)OC(=O)CCCCCCCc3ccccc3)C2C1NC(=O)C[C@@H](CCCCCCCCCCC)OC(=O)CCCCCCCCC)OC(=O)CCCCCCCCC. The van der Waals surface area contributed by atoms with E-state index in [0.29, 0.717) is 44.9 Å². The molecule has 1 aromatic carbocycles. The van der Waals surface area contributed by atoms with Crippen molar-refractivity contribution in [3.05, 3.63) is 35.9 Å². The number of aryl methyl sites for hydroxylation is 1. The summed E-state index contributed by atoms with van der Waals surface area (Å²) >= 11 is 0. The Bertz CT molecular complexity index is 2420. The average Bonchev–Trinajstić information content (AvgIpc) is 1.51. The van der Waals surface area contributed by atoms with Gasteiger partial charge < -0.3 is 54.5 Å². The number of carbonyl (C=O) groups excluding carboxylic acids is 6. The van der Waals surface area contributed by atoms with Gasteiger partial charge in [-0.25, -0.2) is 4.57 Å². The molecule has 20 heteroatoms. The minimum atomic E-state index is -5.46. The summed E-state index contributed by atoms with van der Waals surface area (Å²) in [7, 11) is -5.46. The van der Waals surface area contributed by atoms with Crippen LogP contribution in [0.2, 0.25) is 0 Å². The van der Waals surface area contributed by atoms with E-state index in [0.717, 1.165) is 167 Å². The Morgan fingerprint density at radius 3 is 1.14 bits per heavy atom. The van der Waals surface area contributed by atoms with Crippen molar-refractivity contribution in [1.29, 1.82) is 0 Å². The van der Waals surface area contributed by atoms with Gasteiger partial charge in [-0.15, -0.1) is 0 Å².